The molecule has 0 spiro atoms. The van der Waals surface area contributed by atoms with Gasteiger partial charge in [0.2, 0.25) is 0 Å². The second-order valence-corrected chi connectivity index (χ2v) is 9.76. The van der Waals surface area contributed by atoms with E-state index in [-0.39, 0.29) is 11.6 Å². The van der Waals surface area contributed by atoms with E-state index in [4.69, 9.17) is 0 Å². The van der Waals surface area contributed by atoms with Gasteiger partial charge >= 0.3 is 0 Å². The Labute approximate surface area is 160 Å². The van der Waals surface area contributed by atoms with Crippen LogP contribution in [0.5, 0.6) is 0 Å². The van der Waals surface area contributed by atoms with Crippen LogP contribution < -0.4 is 0 Å². The molecule has 0 saturated carbocycles. The molecule has 146 valence electrons. The van der Waals surface area contributed by atoms with Crippen LogP contribution in [0, 0.1) is 10.8 Å². The van der Waals surface area contributed by atoms with Crippen LogP contribution in [0.4, 0.5) is 0 Å². The van der Waals surface area contributed by atoms with Crippen molar-refractivity contribution in [1.82, 2.24) is 0 Å². The molecule has 0 aromatic heterocycles. The molecule has 0 bridgehead atoms. The highest BCUT2D eigenvalue weighted by Crippen LogP contribution is 2.23. The Hall–Kier alpha value is -1.44. The number of carbonyl (C=O) groups is 2. The van der Waals surface area contributed by atoms with Gasteiger partial charge in [-0.1, -0.05) is 97.9 Å². The average molecular weight is 359 g/mol. The maximum absolute atomic E-state index is 12.3. The SMILES string of the molecule is CC(C)(C)CCCCCCCCC(=O)c1ccc(C(=O)C(C)(C)C)cc1. The van der Waals surface area contributed by atoms with Gasteiger partial charge in [-0.05, 0) is 18.3 Å². The van der Waals surface area contributed by atoms with Crippen molar-refractivity contribution in [2.75, 3.05) is 0 Å². The molecule has 0 aliphatic carbocycles. The molecule has 0 aliphatic heterocycles. The fraction of sp³-hybridized carbons (Fsp3) is 0.667. The lowest BCUT2D eigenvalue weighted by atomic mass is 9.86. The van der Waals surface area contributed by atoms with Crippen molar-refractivity contribution >= 4 is 11.6 Å². The van der Waals surface area contributed by atoms with Crippen LogP contribution in [-0.2, 0) is 0 Å². The molecule has 0 atom stereocenters. The molecule has 0 saturated heterocycles. The average Bonchev–Trinajstić information content (AvgIpc) is 2.54. The number of ketones is 2. The molecule has 0 aliphatic rings. The summed E-state index contributed by atoms with van der Waals surface area (Å²) >= 11 is 0. The van der Waals surface area contributed by atoms with Crippen molar-refractivity contribution in [1.29, 1.82) is 0 Å². The van der Waals surface area contributed by atoms with Crippen LogP contribution in [0.1, 0.15) is 114 Å². The standard InChI is InChI=1S/C24H38O2/c1-23(2,3)18-12-10-8-7-9-11-13-21(25)19-14-16-20(17-15-19)22(26)24(4,5)6/h14-17H,7-13,18H2,1-6H3. The van der Waals surface area contributed by atoms with E-state index < -0.39 is 5.41 Å². The van der Waals surface area contributed by atoms with Crippen LogP contribution in [0.2, 0.25) is 0 Å². The molecule has 2 heteroatoms. The zero-order valence-corrected chi connectivity index (χ0v) is 17.8. The summed E-state index contributed by atoms with van der Waals surface area (Å²) in [6.07, 6.45) is 9.08. The van der Waals surface area contributed by atoms with Gasteiger partial charge in [0.15, 0.2) is 11.6 Å². The van der Waals surface area contributed by atoms with E-state index in [1.54, 1.807) is 24.3 Å². The summed E-state index contributed by atoms with van der Waals surface area (Å²) < 4.78 is 0. The maximum Gasteiger partial charge on any atom is 0.168 e. The maximum atomic E-state index is 12.3. The smallest absolute Gasteiger partial charge is 0.168 e. The summed E-state index contributed by atoms with van der Waals surface area (Å²) in [7, 11) is 0. The Kier molecular flexibility index (Phi) is 8.73. The largest absolute Gasteiger partial charge is 0.294 e. The van der Waals surface area contributed by atoms with Gasteiger partial charge in [0.05, 0.1) is 0 Å². The molecular formula is C24H38O2. The van der Waals surface area contributed by atoms with Gasteiger partial charge in [0.1, 0.15) is 0 Å². The second-order valence-electron chi connectivity index (χ2n) is 9.76. The highest BCUT2D eigenvalue weighted by atomic mass is 16.1. The molecule has 0 N–H and O–H groups in total. The minimum atomic E-state index is -0.390. The third kappa shape index (κ3) is 8.78. The van der Waals surface area contributed by atoms with Crippen LogP contribution in [0.15, 0.2) is 24.3 Å². The van der Waals surface area contributed by atoms with Crippen molar-refractivity contribution < 1.29 is 9.59 Å². The lowest BCUT2D eigenvalue weighted by Gasteiger charge is -2.17. The van der Waals surface area contributed by atoms with Crippen LogP contribution >= 0.6 is 0 Å². The third-order valence-electron chi connectivity index (χ3n) is 4.73. The number of carbonyl (C=O) groups excluding carboxylic acids is 2. The summed E-state index contributed by atoms with van der Waals surface area (Å²) in [5, 5.41) is 0. The van der Waals surface area contributed by atoms with Crippen molar-refractivity contribution in [3.05, 3.63) is 35.4 Å². The molecule has 0 heterocycles. The molecule has 2 nitrogen and oxygen atoms in total. The number of Topliss-reactive ketones (excluding diaryl/α,β-unsaturated/α-hetero) is 2. The first kappa shape index (κ1) is 22.6. The highest BCUT2D eigenvalue weighted by Gasteiger charge is 2.22. The summed E-state index contributed by atoms with van der Waals surface area (Å²) in [5.74, 6) is 0.301. The lowest BCUT2D eigenvalue weighted by molar-refractivity contribution is 0.0857. The van der Waals surface area contributed by atoms with Crippen LogP contribution in [0.25, 0.3) is 0 Å². The molecular weight excluding hydrogens is 320 g/mol. The minimum Gasteiger partial charge on any atom is -0.294 e. The van der Waals surface area contributed by atoms with Crippen molar-refractivity contribution in [3.8, 4) is 0 Å². The molecule has 0 radical (unpaired) electrons. The van der Waals surface area contributed by atoms with Crippen LogP contribution in [0.3, 0.4) is 0 Å². The highest BCUT2D eigenvalue weighted by molar-refractivity contribution is 6.01. The number of hydrogen-bond acceptors (Lipinski definition) is 2. The number of unbranched alkanes of at least 4 members (excludes halogenated alkanes) is 5. The zero-order chi connectivity index (χ0) is 19.8. The fourth-order valence-corrected chi connectivity index (χ4v) is 3.03. The Morgan fingerprint density at radius 2 is 1.15 bits per heavy atom. The monoisotopic (exact) mass is 358 g/mol. The Bertz CT molecular complexity index is 568. The molecule has 0 unspecified atom stereocenters. The minimum absolute atomic E-state index is 0.114. The number of benzene rings is 1. The van der Waals surface area contributed by atoms with E-state index in [1.807, 2.05) is 20.8 Å². The van der Waals surface area contributed by atoms with Gasteiger partial charge < -0.3 is 0 Å². The predicted octanol–water partition coefficient (Wildman–Crippen LogP) is 7.27. The van der Waals surface area contributed by atoms with Crippen LogP contribution in [-0.4, -0.2) is 11.6 Å². The van der Waals surface area contributed by atoms with Gasteiger partial charge in [0, 0.05) is 23.0 Å². The van der Waals surface area contributed by atoms with Gasteiger partial charge in [0.25, 0.3) is 0 Å². The van der Waals surface area contributed by atoms with E-state index >= 15 is 0 Å². The van der Waals surface area contributed by atoms with Crippen molar-refractivity contribution in [2.45, 2.75) is 92.9 Å². The number of rotatable bonds is 10. The van der Waals surface area contributed by atoms with Gasteiger partial charge in [-0.2, -0.15) is 0 Å². The predicted molar refractivity (Wildman–Crippen MR) is 111 cm³/mol. The fourth-order valence-electron chi connectivity index (χ4n) is 3.03. The summed E-state index contributed by atoms with van der Waals surface area (Å²) in [6.45, 7) is 12.6. The molecule has 1 aromatic carbocycles. The first-order valence-corrected chi connectivity index (χ1v) is 10.2. The molecule has 26 heavy (non-hydrogen) atoms. The lowest BCUT2D eigenvalue weighted by Crippen LogP contribution is -2.20. The first-order chi connectivity index (χ1) is 12.0. The van der Waals surface area contributed by atoms with Crippen molar-refractivity contribution in [2.24, 2.45) is 10.8 Å². The van der Waals surface area contributed by atoms with Crippen molar-refractivity contribution in [3.63, 3.8) is 0 Å². The topological polar surface area (TPSA) is 34.1 Å². The van der Waals surface area contributed by atoms with E-state index in [0.29, 0.717) is 17.4 Å². The van der Waals surface area contributed by atoms with E-state index in [2.05, 4.69) is 20.8 Å². The second kappa shape index (κ2) is 10.0. The Morgan fingerprint density at radius 1 is 0.692 bits per heavy atom. The normalized spacial score (nSPS) is 12.2. The summed E-state index contributed by atoms with van der Waals surface area (Å²) in [5.41, 5.74) is 1.46. The van der Waals surface area contributed by atoms with Gasteiger partial charge in [-0.3, -0.25) is 9.59 Å². The molecule has 1 rings (SSSR count). The first-order valence-electron chi connectivity index (χ1n) is 10.2. The zero-order valence-electron chi connectivity index (χ0n) is 17.8. The van der Waals surface area contributed by atoms with E-state index in [9.17, 15) is 9.59 Å². The summed E-state index contributed by atoms with van der Waals surface area (Å²) in [4.78, 5) is 24.5. The third-order valence-corrected chi connectivity index (χ3v) is 4.73. The number of hydrogen-bond donors (Lipinski definition) is 0. The molecule has 1 aromatic rings. The Balaban J connectivity index is 2.27. The molecule has 0 amide bonds. The summed E-state index contributed by atoms with van der Waals surface area (Å²) in [6, 6.07) is 7.17. The van der Waals surface area contributed by atoms with E-state index in [0.717, 1.165) is 18.4 Å². The van der Waals surface area contributed by atoms with E-state index in [1.165, 1.54) is 32.1 Å². The molecule has 0 fully saturated rings. The quantitative estimate of drug-likeness (QED) is 0.325. The van der Waals surface area contributed by atoms with Gasteiger partial charge in [-0.15, -0.1) is 0 Å². The Morgan fingerprint density at radius 3 is 1.65 bits per heavy atom. The van der Waals surface area contributed by atoms with Gasteiger partial charge in [-0.25, -0.2) is 0 Å².